The lowest BCUT2D eigenvalue weighted by atomic mass is 9.98. The van der Waals surface area contributed by atoms with Gasteiger partial charge in [-0.1, -0.05) is 375 Å². The van der Waals surface area contributed by atoms with Gasteiger partial charge in [0.2, 0.25) is 0 Å². The molecule has 20 aromatic carbocycles. The highest BCUT2D eigenvalue weighted by molar-refractivity contribution is 6.13. The van der Waals surface area contributed by atoms with Gasteiger partial charge in [0.15, 0.2) is 0 Å². The normalized spacial score (nSPS) is 16.5. The third-order valence-electron chi connectivity index (χ3n) is 20.3. The van der Waals surface area contributed by atoms with Crippen molar-refractivity contribution in [3.05, 3.63) is 484 Å². The number of anilines is 6. The van der Waals surface area contributed by atoms with Gasteiger partial charge in [-0.15, -0.1) is 0 Å². The van der Waals surface area contributed by atoms with E-state index in [2.05, 4.69) is 108 Å². The molecule has 2 heterocycles. The summed E-state index contributed by atoms with van der Waals surface area (Å²) in [5.41, 5.74) is -2.83. The SMILES string of the molecule is [2H]c1c([2H])c(N(c2ccc(-c3ccccc3)cc2)c2ccccc2-c2ccc(-c3ccccc3)cc2)c([2H])c([2H])c1-c1ccc2c(c1)c1ccccc1n2-c1cccc2ccccc12.[2H]c1c([2H])c([2H])c(-c2c([2H])c([2H])c(-c3c([2H])c([2H])c(N(c4c([2H])c([2H])c(-c5c([2H])c([2H])c6c(c5[2H])c5c([2H])c([2H])c([2H])c([2H])c5n6-c5c([2H])c([2H])c([2H])c6c([2H])c([2H])c([2H])c([2H])c56)c([2H])c4[2H])c4c([2H])c([2H])c([2H])c([2H])c4-c4c([2H])c([2H])c([2H])c([2H])c4[2H])c([2H])c3[2H])c([2H])c2[2H])c([2H])c1[2H]. The highest BCUT2D eigenvalue weighted by Crippen LogP contribution is 2.47. The Bertz CT molecular complexity index is 10200. The molecule has 22 rings (SSSR count). The lowest BCUT2D eigenvalue weighted by Crippen LogP contribution is -2.11. The Morgan fingerprint density at radius 1 is 0.183 bits per heavy atom. The van der Waals surface area contributed by atoms with Crippen LogP contribution in [0.3, 0.4) is 0 Å². The highest BCUT2D eigenvalue weighted by Gasteiger charge is 2.23. The Balaban J connectivity index is 0.000000206. The van der Waals surface area contributed by atoms with Crippen LogP contribution >= 0.6 is 0 Å². The fourth-order valence-corrected chi connectivity index (χ4v) is 14.8. The van der Waals surface area contributed by atoms with Crippen LogP contribution in [-0.2, 0) is 0 Å². The second-order valence-electron chi connectivity index (χ2n) is 27.3. The van der Waals surface area contributed by atoms with Crippen molar-refractivity contribution in [2.45, 2.75) is 0 Å². The molecule has 564 valence electrons. The molecule has 0 unspecified atom stereocenters. The van der Waals surface area contributed by atoms with Gasteiger partial charge in [0.1, 0.15) is 0 Å². The minimum Gasteiger partial charge on any atom is -0.310 e. The molecule has 0 aliphatic heterocycles. The van der Waals surface area contributed by atoms with Crippen molar-refractivity contribution in [2.24, 2.45) is 0 Å². The van der Waals surface area contributed by atoms with Crippen LogP contribution in [0, 0.1) is 0 Å². The number of aromatic nitrogens is 2. The molecule has 0 spiro atoms. The Morgan fingerprint density at radius 2 is 0.633 bits per heavy atom. The van der Waals surface area contributed by atoms with Gasteiger partial charge in [-0.05, 0) is 198 Å². The summed E-state index contributed by atoms with van der Waals surface area (Å²) in [6, 6.07) is 27.6. The molecule has 0 atom stereocenters. The number of rotatable bonds is 16. The Hall–Kier alpha value is -15.9. The maximum atomic E-state index is 9.95. The van der Waals surface area contributed by atoms with Gasteiger partial charge in [-0.3, -0.25) is 0 Å². The fraction of sp³-hybridized carbons (Fsp3) is 0. The van der Waals surface area contributed by atoms with Crippen LogP contribution in [0.25, 0.3) is 166 Å². The minimum atomic E-state index is -1.48. The van der Waals surface area contributed by atoms with Gasteiger partial charge in [-0.2, -0.15) is 0 Å². The van der Waals surface area contributed by atoms with Crippen molar-refractivity contribution in [3.8, 4) is 100 Å². The van der Waals surface area contributed by atoms with Crippen molar-refractivity contribution < 1.29 is 60.3 Å². The second kappa shape index (κ2) is 31.7. The molecule has 0 aliphatic rings. The van der Waals surface area contributed by atoms with Crippen LogP contribution in [0.4, 0.5) is 34.1 Å². The van der Waals surface area contributed by atoms with E-state index in [1.54, 1.807) is 0 Å². The number of fused-ring (bicyclic) bond motifs is 8. The average molecular weight is 1570 g/mol. The average Bonchev–Trinajstić information content (AvgIpc) is 1.51. The largest absolute Gasteiger partial charge is 0.310 e. The van der Waals surface area contributed by atoms with E-state index in [1.807, 2.05) is 120 Å². The molecule has 0 N–H and O–H groups in total. The van der Waals surface area contributed by atoms with E-state index in [1.165, 1.54) is 0 Å². The molecule has 2 aromatic heterocycles. The molecule has 22 aromatic rings. The highest BCUT2D eigenvalue weighted by atomic mass is 15.2. The summed E-state index contributed by atoms with van der Waals surface area (Å²) in [6.07, 6.45) is 0. The van der Waals surface area contributed by atoms with Gasteiger partial charge in [-0.25, -0.2) is 0 Å². The minimum absolute atomic E-state index is 0.108. The van der Waals surface area contributed by atoms with Crippen LogP contribution in [0.15, 0.2) is 484 Å². The summed E-state index contributed by atoms with van der Waals surface area (Å²) in [5.74, 6) is 0. The standard InChI is InChI=1S/2C58H40N2/c1-3-14-41(15-4-1)42-26-28-43(29-27-42)44-30-35-49(36-31-44)59(55-23-11-9-21-51(55)46-16-5-2-6-17-46)50-37-32-45(33-38-50)48-34-39-58-54(40-48)53-22-10-12-24-57(53)60(58)56-25-13-19-47-18-7-8-20-52(47)56;1-3-14-41(15-4-1)43-26-28-47(29-27-43)52-21-9-11-23-55(52)59(49-35-30-44(31-36-49)42-16-5-2-6-17-42)50-37-32-45(33-38-50)48-34-39-58-54(40-48)53-22-10-12-24-57(53)60(58)56-25-13-19-46-18-7-8-20-51(46)56/h2*1-40H/i1D,2D,3D,4D,5D,6D,7D,8D,9D,10D,11D,12D,13D,14D,15D,16D,17D,18D,19D,20D,21D,22D,23D,24D,25D,26D,27D,28D,29D,30D,31D,32D,33D,34D,35D,36D,37D,38D,39D,40D;32D,33D,37D,38D. The smallest absolute Gasteiger partial charge is 0.0645 e. The van der Waals surface area contributed by atoms with E-state index in [9.17, 15) is 27.4 Å². The Morgan fingerprint density at radius 3 is 1.32 bits per heavy atom. The van der Waals surface area contributed by atoms with Crippen molar-refractivity contribution in [2.75, 3.05) is 9.80 Å². The summed E-state index contributed by atoms with van der Waals surface area (Å²) in [6.45, 7) is 0. The predicted molar refractivity (Wildman–Crippen MR) is 509 cm³/mol. The number of para-hydroxylation sites is 4. The van der Waals surface area contributed by atoms with Crippen LogP contribution in [0.1, 0.15) is 60.3 Å². The summed E-state index contributed by atoms with van der Waals surface area (Å²) in [4.78, 5) is 2.08. The summed E-state index contributed by atoms with van der Waals surface area (Å²) in [5, 5.41) is 1.41. The van der Waals surface area contributed by atoms with Gasteiger partial charge in [0.25, 0.3) is 0 Å². The number of benzene rings is 20. The number of hydrogen-bond acceptors (Lipinski definition) is 2. The van der Waals surface area contributed by atoms with E-state index in [-0.39, 0.29) is 40.3 Å². The van der Waals surface area contributed by atoms with Crippen LogP contribution < -0.4 is 9.80 Å². The lowest BCUT2D eigenvalue weighted by molar-refractivity contribution is 1.20. The topological polar surface area (TPSA) is 16.3 Å². The summed E-state index contributed by atoms with van der Waals surface area (Å²) >= 11 is 0. The number of nitrogens with zero attached hydrogens (tertiary/aromatic N) is 4. The maximum Gasteiger partial charge on any atom is 0.0645 e. The first-order valence-corrected chi connectivity index (χ1v) is 37.6. The van der Waals surface area contributed by atoms with Crippen LogP contribution in [0.5, 0.6) is 0 Å². The predicted octanol–water partition coefficient (Wildman–Crippen LogP) is 32.1. The van der Waals surface area contributed by atoms with Gasteiger partial charge in [0, 0.05) is 66.2 Å². The molecule has 0 fully saturated rings. The van der Waals surface area contributed by atoms with Crippen LogP contribution in [0.2, 0.25) is 0 Å². The van der Waals surface area contributed by atoms with Crippen molar-refractivity contribution >= 4 is 99.3 Å². The van der Waals surface area contributed by atoms with E-state index in [0.717, 1.165) is 77.3 Å². The quantitative estimate of drug-likeness (QED) is 0.0959. The first kappa shape index (κ1) is 39.2. The molecular formula is C116H80N4. The maximum absolute atomic E-state index is 9.95. The zero-order chi connectivity index (χ0) is 118. The summed E-state index contributed by atoms with van der Waals surface area (Å²) in [7, 11) is 0. The van der Waals surface area contributed by atoms with E-state index < -0.39 is 342 Å². The molecule has 0 bridgehead atoms. The van der Waals surface area contributed by atoms with Crippen molar-refractivity contribution in [1.29, 1.82) is 0 Å². The molecule has 0 saturated carbocycles. The first-order valence-electron chi connectivity index (χ1n) is 59.6. The zero-order valence-corrected chi connectivity index (χ0v) is 62.6. The molecule has 0 aliphatic carbocycles. The molecule has 0 radical (unpaired) electrons. The van der Waals surface area contributed by atoms with Gasteiger partial charge in [0.05, 0.1) is 105 Å². The summed E-state index contributed by atoms with van der Waals surface area (Å²) < 4.78 is 405. The van der Waals surface area contributed by atoms with E-state index in [4.69, 9.17) is 32.9 Å². The van der Waals surface area contributed by atoms with E-state index in [0.29, 0.717) is 15.8 Å². The number of hydrogen-bond donors (Lipinski definition) is 0. The van der Waals surface area contributed by atoms with Crippen molar-refractivity contribution in [3.63, 3.8) is 0 Å². The van der Waals surface area contributed by atoms with Gasteiger partial charge < -0.3 is 18.9 Å². The molecule has 120 heavy (non-hydrogen) atoms. The third kappa shape index (κ3) is 13.7. The Labute approximate surface area is 761 Å². The van der Waals surface area contributed by atoms with Crippen LogP contribution in [-0.4, -0.2) is 9.13 Å². The second-order valence-corrected chi connectivity index (χ2v) is 27.3. The molecule has 4 nitrogen and oxygen atoms in total. The molecular weight excluding hydrogens is 1450 g/mol. The molecule has 4 heteroatoms. The molecule has 0 amide bonds. The zero-order valence-electron chi connectivity index (χ0n) is 107. The Kier molecular flexibility index (Phi) is 10.4. The van der Waals surface area contributed by atoms with E-state index >= 15 is 0 Å². The molecule has 0 saturated heterocycles. The van der Waals surface area contributed by atoms with Gasteiger partial charge >= 0.3 is 0 Å². The first-order chi connectivity index (χ1) is 77.9. The third-order valence-corrected chi connectivity index (χ3v) is 20.3. The lowest BCUT2D eigenvalue weighted by Gasteiger charge is -2.28. The monoisotopic (exact) mass is 1570 g/mol. The fourth-order valence-electron chi connectivity index (χ4n) is 14.8. The van der Waals surface area contributed by atoms with Crippen molar-refractivity contribution in [1.82, 2.24) is 9.13 Å².